The lowest BCUT2D eigenvalue weighted by Crippen LogP contribution is -2.50. The molecule has 1 unspecified atom stereocenters. The van der Waals surface area contributed by atoms with Gasteiger partial charge in [-0.25, -0.2) is 0 Å². The Hall–Kier alpha value is -1.75. The molecule has 1 atom stereocenters. The zero-order valence-electron chi connectivity index (χ0n) is 14.1. The third-order valence-electron chi connectivity index (χ3n) is 4.25. The molecule has 1 heterocycles. The summed E-state index contributed by atoms with van der Waals surface area (Å²) in [6.07, 6.45) is 0. The van der Waals surface area contributed by atoms with E-state index in [1.165, 1.54) is 0 Å². The van der Waals surface area contributed by atoms with Gasteiger partial charge in [0.25, 0.3) is 0 Å². The normalized spacial score (nSPS) is 19.4. The number of likely N-dealkylation sites (N-methyl/N-ethyl adjacent to an activating group) is 1. The Balaban J connectivity index is 2.24. The van der Waals surface area contributed by atoms with Gasteiger partial charge in [0.15, 0.2) is 11.5 Å². The SMILES string of the molecule is COc1ccc(C2CN(C(=O)C(C)C)CCN2C)cc1OC. The second-order valence-electron chi connectivity index (χ2n) is 6.05. The van der Waals surface area contributed by atoms with E-state index in [0.717, 1.165) is 30.2 Å². The molecule has 1 amide bonds. The standard InChI is InChI=1S/C17H26N2O3/c1-12(2)17(20)19-9-8-18(3)14(11-19)13-6-7-15(21-4)16(10-13)22-5/h6-7,10,12,14H,8-9,11H2,1-5H3. The molecule has 122 valence electrons. The second kappa shape index (κ2) is 7.01. The predicted octanol–water partition coefficient (Wildman–Crippen LogP) is 2.17. The van der Waals surface area contributed by atoms with Gasteiger partial charge in [-0.15, -0.1) is 0 Å². The highest BCUT2D eigenvalue weighted by atomic mass is 16.5. The number of hydrogen-bond donors (Lipinski definition) is 0. The average Bonchev–Trinajstić information content (AvgIpc) is 2.53. The maximum Gasteiger partial charge on any atom is 0.225 e. The fraction of sp³-hybridized carbons (Fsp3) is 0.588. The maximum absolute atomic E-state index is 12.3. The van der Waals surface area contributed by atoms with Gasteiger partial charge in [0, 0.05) is 25.6 Å². The minimum atomic E-state index is 0.0365. The molecule has 0 spiro atoms. The van der Waals surface area contributed by atoms with E-state index in [4.69, 9.17) is 9.47 Å². The Morgan fingerprint density at radius 3 is 2.45 bits per heavy atom. The van der Waals surface area contributed by atoms with E-state index in [2.05, 4.69) is 11.9 Å². The number of piperazine rings is 1. The van der Waals surface area contributed by atoms with E-state index >= 15 is 0 Å². The lowest BCUT2D eigenvalue weighted by molar-refractivity contribution is -0.137. The third kappa shape index (κ3) is 3.35. The molecule has 0 saturated carbocycles. The van der Waals surface area contributed by atoms with Crippen LogP contribution in [0, 0.1) is 5.92 Å². The van der Waals surface area contributed by atoms with Crippen LogP contribution in [0.25, 0.3) is 0 Å². The lowest BCUT2D eigenvalue weighted by Gasteiger charge is -2.40. The molecular weight excluding hydrogens is 280 g/mol. The quantitative estimate of drug-likeness (QED) is 0.855. The summed E-state index contributed by atoms with van der Waals surface area (Å²) < 4.78 is 10.7. The maximum atomic E-state index is 12.3. The summed E-state index contributed by atoms with van der Waals surface area (Å²) in [5.41, 5.74) is 1.14. The molecule has 0 aliphatic carbocycles. The Morgan fingerprint density at radius 2 is 1.86 bits per heavy atom. The highest BCUT2D eigenvalue weighted by Gasteiger charge is 2.29. The first-order valence-electron chi connectivity index (χ1n) is 7.68. The van der Waals surface area contributed by atoms with Gasteiger partial charge < -0.3 is 14.4 Å². The number of ether oxygens (including phenoxy) is 2. The number of methoxy groups -OCH3 is 2. The van der Waals surface area contributed by atoms with Crippen molar-refractivity contribution in [2.45, 2.75) is 19.9 Å². The molecule has 1 aliphatic rings. The number of benzene rings is 1. The molecule has 1 aromatic carbocycles. The van der Waals surface area contributed by atoms with Crippen molar-refractivity contribution in [3.05, 3.63) is 23.8 Å². The Bertz CT molecular complexity index is 531. The van der Waals surface area contributed by atoms with Crippen molar-refractivity contribution >= 4 is 5.91 Å². The molecule has 22 heavy (non-hydrogen) atoms. The van der Waals surface area contributed by atoms with Crippen LogP contribution in [0.2, 0.25) is 0 Å². The summed E-state index contributed by atoms with van der Waals surface area (Å²) >= 11 is 0. The van der Waals surface area contributed by atoms with E-state index in [0.29, 0.717) is 6.54 Å². The molecular formula is C17H26N2O3. The van der Waals surface area contributed by atoms with Gasteiger partial charge in [-0.3, -0.25) is 9.69 Å². The van der Waals surface area contributed by atoms with Crippen LogP contribution in [-0.4, -0.2) is 56.6 Å². The molecule has 0 radical (unpaired) electrons. The van der Waals surface area contributed by atoms with Crippen molar-refractivity contribution in [3.63, 3.8) is 0 Å². The topological polar surface area (TPSA) is 42.0 Å². The molecule has 5 heteroatoms. The van der Waals surface area contributed by atoms with Crippen LogP contribution >= 0.6 is 0 Å². The summed E-state index contributed by atoms with van der Waals surface area (Å²) in [6, 6.07) is 6.15. The van der Waals surface area contributed by atoms with Gasteiger partial charge in [0.2, 0.25) is 5.91 Å². The van der Waals surface area contributed by atoms with E-state index < -0.39 is 0 Å². The summed E-state index contributed by atoms with van der Waals surface area (Å²) in [6.45, 7) is 6.27. The first-order valence-corrected chi connectivity index (χ1v) is 7.68. The Morgan fingerprint density at radius 1 is 1.18 bits per heavy atom. The fourth-order valence-electron chi connectivity index (χ4n) is 2.86. The number of rotatable bonds is 4. The zero-order chi connectivity index (χ0) is 16.3. The molecule has 1 aromatic rings. The van der Waals surface area contributed by atoms with Crippen LogP contribution in [0.15, 0.2) is 18.2 Å². The second-order valence-corrected chi connectivity index (χ2v) is 6.05. The first-order chi connectivity index (χ1) is 10.5. The van der Waals surface area contributed by atoms with Crippen LogP contribution in [0.3, 0.4) is 0 Å². The molecule has 1 saturated heterocycles. The molecule has 0 aromatic heterocycles. The molecule has 0 N–H and O–H groups in total. The largest absolute Gasteiger partial charge is 0.493 e. The van der Waals surface area contributed by atoms with Gasteiger partial charge >= 0.3 is 0 Å². The van der Waals surface area contributed by atoms with E-state index in [1.54, 1.807) is 14.2 Å². The van der Waals surface area contributed by atoms with Crippen LogP contribution in [0.5, 0.6) is 11.5 Å². The Labute approximate surface area is 132 Å². The average molecular weight is 306 g/mol. The monoisotopic (exact) mass is 306 g/mol. The van der Waals surface area contributed by atoms with Crippen LogP contribution in [0.1, 0.15) is 25.5 Å². The van der Waals surface area contributed by atoms with Crippen LogP contribution in [-0.2, 0) is 4.79 Å². The zero-order valence-corrected chi connectivity index (χ0v) is 14.1. The number of nitrogens with zero attached hydrogens (tertiary/aromatic N) is 2. The van der Waals surface area contributed by atoms with Crippen molar-refractivity contribution in [3.8, 4) is 11.5 Å². The number of hydrogen-bond acceptors (Lipinski definition) is 4. The molecule has 1 fully saturated rings. The molecule has 2 rings (SSSR count). The van der Waals surface area contributed by atoms with Crippen molar-refractivity contribution in [2.24, 2.45) is 5.92 Å². The molecule has 0 bridgehead atoms. The van der Waals surface area contributed by atoms with Crippen molar-refractivity contribution in [1.82, 2.24) is 9.80 Å². The minimum Gasteiger partial charge on any atom is -0.493 e. The highest BCUT2D eigenvalue weighted by Crippen LogP contribution is 2.33. The van der Waals surface area contributed by atoms with Gasteiger partial charge in [-0.2, -0.15) is 0 Å². The van der Waals surface area contributed by atoms with Gasteiger partial charge in [-0.1, -0.05) is 19.9 Å². The van der Waals surface area contributed by atoms with Crippen molar-refractivity contribution < 1.29 is 14.3 Å². The highest BCUT2D eigenvalue weighted by molar-refractivity contribution is 5.78. The minimum absolute atomic E-state index is 0.0365. The molecule has 1 aliphatic heterocycles. The molecule has 5 nitrogen and oxygen atoms in total. The van der Waals surface area contributed by atoms with E-state index in [1.807, 2.05) is 36.9 Å². The fourth-order valence-corrected chi connectivity index (χ4v) is 2.86. The first kappa shape index (κ1) is 16.6. The summed E-state index contributed by atoms with van der Waals surface area (Å²) in [4.78, 5) is 16.5. The van der Waals surface area contributed by atoms with Crippen molar-refractivity contribution in [2.75, 3.05) is 40.9 Å². The van der Waals surface area contributed by atoms with E-state index in [-0.39, 0.29) is 17.9 Å². The van der Waals surface area contributed by atoms with Gasteiger partial charge in [0.1, 0.15) is 0 Å². The van der Waals surface area contributed by atoms with E-state index in [9.17, 15) is 4.79 Å². The van der Waals surface area contributed by atoms with Crippen molar-refractivity contribution in [1.29, 1.82) is 0 Å². The van der Waals surface area contributed by atoms with Crippen LogP contribution < -0.4 is 9.47 Å². The smallest absolute Gasteiger partial charge is 0.225 e. The van der Waals surface area contributed by atoms with Gasteiger partial charge in [0.05, 0.1) is 20.3 Å². The predicted molar refractivity (Wildman–Crippen MR) is 86.3 cm³/mol. The number of amides is 1. The van der Waals surface area contributed by atoms with Crippen LogP contribution in [0.4, 0.5) is 0 Å². The summed E-state index contributed by atoms with van der Waals surface area (Å²) in [5, 5.41) is 0. The van der Waals surface area contributed by atoms with Gasteiger partial charge in [-0.05, 0) is 24.7 Å². The summed E-state index contributed by atoms with van der Waals surface area (Å²) in [7, 11) is 5.37. The summed E-state index contributed by atoms with van der Waals surface area (Å²) in [5.74, 6) is 1.70. The Kier molecular flexibility index (Phi) is 5.29. The number of carbonyl (C=O) groups excluding carboxylic acids is 1. The lowest BCUT2D eigenvalue weighted by atomic mass is 10.0. The third-order valence-corrected chi connectivity index (χ3v) is 4.25. The number of carbonyl (C=O) groups is 1.